The van der Waals surface area contributed by atoms with E-state index in [1.54, 1.807) is 12.1 Å². The van der Waals surface area contributed by atoms with Crippen molar-refractivity contribution >= 4 is 0 Å². The van der Waals surface area contributed by atoms with Gasteiger partial charge in [-0.25, -0.2) is 0 Å². The van der Waals surface area contributed by atoms with E-state index in [1.165, 1.54) is 12.1 Å². The maximum Gasteiger partial charge on any atom is 0.573 e. The molecule has 1 aliphatic heterocycles. The number of benzene rings is 1. The summed E-state index contributed by atoms with van der Waals surface area (Å²) in [6, 6.07) is 6.25. The molecule has 0 aliphatic carbocycles. The van der Waals surface area contributed by atoms with Crippen LogP contribution in [0.3, 0.4) is 0 Å². The van der Waals surface area contributed by atoms with Crippen LogP contribution in [0.4, 0.5) is 13.2 Å². The summed E-state index contributed by atoms with van der Waals surface area (Å²) in [7, 11) is 0. The highest BCUT2D eigenvalue weighted by Gasteiger charge is 2.31. The van der Waals surface area contributed by atoms with Gasteiger partial charge in [0.25, 0.3) is 0 Å². The summed E-state index contributed by atoms with van der Waals surface area (Å²) in [6.07, 6.45) is -3.72. The van der Waals surface area contributed by atoms with Gasteiger partial charge < -0.3 is 14.8 Å². The maximum atomic E-state index is 12.1. The fourth-order valence-corrected chi connectivity index (χ4v) is 1.81. The van der Waals surface area contributed by atoms with E-state index in [9.17, 15) is 13.2 Å². The lowest BCUT2D eigenvalue weighted by Gasteiger charge is -2.12. The Hall–Kier alpha value is -1.27. The molecule has 1 fully saturated rings. The van der Waals surface area contributed by atoms with Crippen LogP contribution in [0.2, 0.25) is 0 Å². The monoisotopic (exact) mass is 261 g/mol. The molecule has 0 radical (unpaired) electrons. The summed E-state index contributed by atoms with van der Waals surface area (Å²) in [5.41, 5.74) is 0.753. The van der Waals surface area contributed by atoms with E-state index in [0.717, 1.165) is 18.6 Å². The molecule has 3 nitrogen and oxygen atoms in total. The van der Waals surface area contributed by atoms with E-state index < -0.39 is 6.36 Å². The second-order valence-corrected chi connectivity index (χ2v) is 4.14. The van der Waals surface area contributed by atoms with Gasteiger partial charge >= 0.3 is 6.36 Å². The van der Waals surface area contributed by atoms with Gasteiger partial charge in [-0.1, -0.05) is 12.1 Å². The summed E-state index contributed by atoms with van der Waals surface area (Å²) < 4.78 is 45.2. The van der Waals surface area contributed by atoms with Gasteiger partial charge in [0.2, 0.25) is 0 Å². The number of hydrogen-bond acceptors (Lipinski definition) is 3. The first-order valence-corrected chi connectivity index (χ1v) is 5.69. The average Bonchev–Trinajstić information content (AvgIpc) is 2.77. The van der Waals surface area contributed by atoms with Crippen molar-refractivity contribution in [3.05, 3.63) is 29.8 Å². The molecule has 1 N–H and O–H groups in total. The largest absolute Gasteiger partial charge is 0.573 e. The molecule has 0 bridgehead atoms. The van der Waals surface area contributed by atoms with Crippen LogP contribution >= 0.6 is 0 Å². The Balaban J connectivity index is 1.90. The molecule has 0 aromatic heterocycles. The van der Waals surface area contributed by atoms with E-state index in [2.05, 4.69) is 10.1 Å². The summed E-state index contributed by atoms with van der Waals surface area (Å²) in [5, 5.41) is 3.23. The molecular formula is C12H14F3NO2. The predicted molar refractivity (Wildman–Crippen MR) is 59.2 cm³/mol. The number of nitrogens with one attached hydrogen (secondary N) is 1. The van der Waals surface area contributed by atoms with Crippen LogP contribution in [0.5, 0.6) is 5.75 Å². The molecule has 1 unspecified atom stereocenters. The Morgan fingerprint density at radius 3 is 2.89 bits per heavy atom. The van der Waals surface area contributed by atoms with Gasteiger partial charge in [0, 0.05) is 19.2 Å². The molecule has 1 saturated heterocycles. The molecule has 0 amide bonds. The molecule has 1 atom stereocenters. The summed E-state index contributed by atoms with van der Waals surface area (Å²) in [5.74, 6) is -0.190. The number of rotatable bonds is 4. The molecule has 0 spiro atoms. The van der Waals surface area contributed by atoms with Crippen molar-refractivity contribution in [3.8, 4) is 5.75 Å². The van der Waals surface area contributed by atoms with Crippen LogP contribution in [0.15, 0.2) is 24.3 Å². The van der Waals surface area contributed by atoms with Gasteiger partial charge in [-0.05, 0) is 24.1 Å². The third kappa shape index (κ3) is 4.19. The molecule has 1 aliphatic rings. The molecule has 1 aromatic carbocycles. The predicted octanol–water partition coefficient (Wildman–Crippen LogP) is 2.46. The Morgan fingerprint density at radius 2 is 2.22 bits per heavy atom. The van der Waals surface area contributed by atoms with E-state index in [-0.39, 0.29) is 11.8 Å². The Bertz CT molecular complexity index is 389. The van der Waals surface area contributed by atoms with Gasteiger partial charge in [-0.2, -0.15) is 0 Å². The lowest BCUT2D eigenvalue weighted by atomic mass is 10.2. The molecule has 1 aromatic rings. The van der Waals surface area contributed by atoms with Crippen LogP contribution in [0.25, 0.3) is 0 Å². The zero-order valence-electron chi connectivity index (χ0n) is 9.67. The molecule has 1 heterocycles. The molecule has 100 valence electrons. The third-order valence-corrected chi connectivity index (χ3v) is 2.66. The molecule has 18 heavy (non-hydrogen) atoms. The minimum absolute atomic E-state index is 0.190. The molecule has 2 rings (SSSR count). The van der Waals surface area contributed by atoms with E-state index >= 15 is 0 Å². The van der Waals surface area contributed by atoms with Crippen molar-refractivity contribution < 1.29 is 22.6 Å². The van der Waals surface area contributed by atoms with Crippen LogP contribution in [0, 0.1) is 0 Å². The normalized spacial score (nSPS) is 20.1. The maximum absolute atomic E-state index is 12.1. The van der Waals surface area contributed by atoms with Gasteiger partial charge in [0.15, 0.2) is 0 Å². The summed E-state index contributed by atoms with van der Waals surface area (Å²) >= 11 is 0. The standard InChI is InChI=1S/C12H14F3NO2/c13-12(14,15)18-11-3-1-2-9(6-11)7-16-10-4-5-17-8-10/h1-3,6,10,16H,4-5,7-8H2. The van der Waals surface area contributed by atoms with Crippen molar-refractivity contribution in [2.24, 2.45) is 0 Å². The minimum atomic E-state index is -4.65. The smallest absolute Gasteiger partial charge is 0.406 e. The zero-order valence-corrected chi connectivity index (χ0v) is 9.67. The van der Waals surface area contributed by atoms with Gasteiger partial charge in [0.05, 0.1) is 6.61 Å². The Labute approximate surface area is 103 Å². The van der Waals surface area contributed by atoms with Gasteiger partial charge in [-0.3, -0.25) is 0 Å². The Kier molecular flexibility index (Phi) is 4.08. The van der Waals surface area contributed by atoms with E-state index in [0.29, 0.717) is 13.2 Å². The SMILES string of the molecule is FC(F)(F)Oc1cccc(CNC2CCOC2)c1. The number of halogens is 3. The van der Waals surface area contributed by atoms with Crippen molar-refractivity contribution in [2.75, 3.05) is 13.2 Å². The molecule has 0 saturated carbocycles. The first-order chi connectivity index (χ1) is 8.53. The minimum Gasteiger partial charge on any atom is -0.406 e. The quantitative estimate of drug-likeness (QED) is 0.903. The van der Waals surface area contributed by atoms with Crippen LogP contribution in [-0.4, -0.2) is 25.6 Å². The highest BCUT2D eigenvalue weighted by Crippen LogP contribution is 2.23. The van der Waals surface area contributed by atoms with Crippen molar-refractivity contribution in [2.45, 2.75) is 25.4 Å². The lowest BCUT2D eigenvalue weighted by molar-refractivity contribution is -0.274. The average molecular weight is 261 g/mol. The topological polar surface area (TPSA) is 30.5 Å². The second kappa shape index (κ2) is 5.58. The summed E-state index contributed by atoms with van der Waals surface area (Å²) in [4.78, 5) is 0. The van der Waals surface area contributed by atoms with Crippen LogP contribution in [0.1, 0.15) is 12.0 Å². The molecular weight excluding hydrogens is 247 g/mol. The van der Waals surface area contributed by atoms with Gasteiger partial charge in [0.1, 0.15) is 5.75 Å². The third-order valence-electron chi connectivity index (χ3n) is 2.66. The van der Waals surface area contributed by atoms with Crippen LogP contribution < -0.4 is 10.1 Å². The fourth-order valence-electron chi connectivity index (χ4n) is 1.81. The highest BCUT2D eigenvalue weighted by atomic mass is 19.4. The van der Waals surface area contributed by atoms with Crippen molar-refractivity contribution in [1.82, 2.24) is 5.32 Å². The Morgan fingerprint density at radius 1 is 1.39 bits per heavy atom. The summed E-state index contributed by atoms with van der Waals surface area (Å²) in [6.45, 7) is 1.89. The highest BCUT2D eigenvalue weighted by molar-refractivity contribution is 5.28. The fraction of sp³-hybridized carbons (Fsp3) is 0.500. The van der Waals surface area contributed by atoms with E-state index in [4.69, 9.17) is 4.74 Å². The zero-order chi connectivity index (χ0) is 13.0. The van der Waals surface area contributed by atoms with Crippen molar-refractivity contribution in [3.63, 3.8) is 0 Å². The van der Waals surface area contributed by atoms with Crippen molar-refractivity contribution in [1.29, 1.82) is 0 Å². The number of alkyl halides is 3. The first kappa shape index (κ1) is 13.2. The van der Waals surface area contributed by atoms with Crippen LogP contribution in [-0.2, 0) is 11.3 Å². The van der Waals surface area contributed by atoms with E-state index in [1.807, 2.05) is 0 Å². The number of ether oxygens (including phenoxy) is 2. The van der Waals surface area contributed by atoms with Gasteiger partial charge in [-0.15, -0.1) is 13.2 Å². The number of hydrogen-bond donors (Lipinski definition) is 1. The molecule has 6 heteroatoms. The first-order valence-electron chi connectivity index (χ1n) is 5.69. The lowest BCUT2D eigenvalue weighted by Crippen LogP contribution is -2.28. The second-order valence-electron chi connectivity index (χ2n) is 4.14.